The van der Waals surface area contributed by atoms with Gasteiger partial charge in [-0.25, -0.2) is 4.79 Å². The topological polar surface area (TPSA) is 116 Å². The summed E-state index contributed by atoms with van der Waals surface area (Å²) in [5.41, 5.74) is 1.34. The zero-order valence-corrected chi connectivity index (χ0v) is 18.1. The SMILES string of the molecule is COC(=O)c1ccc(CNC(=O)CC(c2ccc(OC)cc2)c2cc3c(cc2O)OCO3)o1. The Labute approximate surface area is 189 Å². The highest BCUT2D eigenvalue weighted by Crippen LogP contribution is 2.43. The summed E-state index contributed by atoms with van der Waals surface area (Å²) in [5.74, 6) is 0.777. The van der Waals surface area contributed by atoms with E-state index in [1.165, 1.54) is 19.2 Å². The van der Waals surface area contributed by atoms with Gasteiger partial charge in [0, 0.05) is 24.0 Å². The minimum absolute atomic E-state index is 0.00150. The molecule has 0 radical (unpaired) electrons. The van der Waals surface area contributed by atoms with Gasteiger partial charge < -0.3 is 33.8 Å². The van der Waals surface area contributed by atoms with Crippen molar-refractivity contribution in [3.05, 3.63) is 71.2 Å². The van der Waals surface area contributed by atoms with Crippen LogP contribution in [0.15, 0.2) is 52.9 Å². The van der Waals surface area contributed by atoms with Gasteiger partial charge in [-0.05, 0) is 35.9 Å². The number of aromatic hydroxyl groups is 1. The minimum atomic E-state index is -0.592. The van der Waals surface area contributed by atoms with Gasteiger partial charge in [-0.2, -0.15) is 0 Å². The Bertz CT molecular complexity index is 1150. The second-order valence-electron chi connectivity index (χ2n) is 7.33. The molecule has 1 aromatic heterocycles. The summed E-state index contributed by atoms with van der Waals surface area (Å²) in [5, 5.41) is 13.4. The van der Waals surface area contributed by atoms with Crippen molar-refractivity contribution in [3.8, 4) is 23.0 Å². The maximum absolute atomic E-state index is 12.8. The van der Waals surface area contributed by atoms with E-state index in [2.05, 4.69) is 10.1 Å². The molecule has 3 aromatic rings. The molecule has 0 bridgehead atoms. The van der Waals surface area contributed by atoms with Crippen LogP contribution in [0.25, 0.3) is 0 Å². The van der Waals surface area contributed by atoms with E-state index in [4.69, 9.17) is 18.6 Å². The number of carbonyl (C=O) groups is 2. The number of phenols is 1. The maximum atomic E-state index is 12.8. The van der Waals surface area contributed by atoms with Crippen LogP contribution in [0.3, 0.4) is 0 Å². The number of phenolic OH excluding ortho intramolecular Hbond substituents is 1. The molecule has 0 spiro atoms. The maximum Gasteiger partial charge on any atom is 0.373 e. The van der Waals surface area contributed by atoms with Crippen LogP contribution in [0, 0.1) is 0 Å². The number of esters is 1. The largest absolute Gasteiger partial charge is 0.508 e. The fourth-order valence-corrected chi connectivity index (χ4v) is 3.60. The first-order valence-corrected chi connectivity index (χ1v) is 10.2. The van der Waals surface area contributed by atoms with E-state index in [1.54, 1.807) is 31.4 Å². The zero-order chi connectivity index (χ0) is 23.4. The third-order valence-electron chi connectivity index (χ3n) is 5.31. The molecule has 9 nitrogen and oxygen atoms in total. The van der Waals surface area contributed by atoms with Crippen molar-refractivity contribution in [1.82, 2.24) is 5.32 Å². The number of amides is 1. The molecule has 0 saturated carbocycles. The first kappa shape index (κ1) is 22.1. The first-order chi connectivity index (χ1) is 16.0. The lowest BCUT2D eigenvalue weighted by Gasteiger charge is -2.20. The second kappa shape index (κ2) is 9.56. The summed E-state index contributed by atoms with van der Waals surface area (Å²) >= 11 is 0. The molecule has 2 heterocycles. The van der Waals surface area contributed by atoms with E-state index in [0.717, 1.165) is 5.56 Å². The molecule has 1 atom stereocenters. The number of methoxy groups -OCH3 is 2. The fourth-order valence-electron chi connectivity index (χ4n) is 3.60. The van der Waals surface area contributed by atoms with E-state index in [1.807, 2.05) is 12.1 Å². The van der Waals surface area contributed by atoms with Crippen LogP contribution < -0.4 is 19.5 Å². The van der Waals surface area contributed by atoms with Crippen LogP contribution in [0.5, 0.6) is 23.0 Å². The molecule has 33 heavy (non-hydrogen) atoms. The Morgan fingerprint density at radius 3 is 2.48 bits per heavy atom. The molecule has 0 aliphatic carbocycles. The summed E-state index contributed by atoms with van der Waals surface area (Å²) in [6.07, 6.45) is 0.0457. The molecular formula is C24H23NO8. The number of hydrogen-bond donors (Lipinski definition) is 2. The predicted molar refractivity (Wildman–Crippen MR) is 116 cm³/mol. The lowest BCUT2D eigenvalue weighted by Crippen LogP contribution is -2.24. The number of nitrogens with one attached hydrogen (secondary N) is 1. The Morgan fingerprint density at radius 1 is 1.06 bits per heavy atom. The zero-order valence-electron chi connectivity index (χ0n) is 18.1. The van der Waals surface area contributed by atoms with Crippen LogP contribution in [-0.4, -0.2) is 38.0 Å². The number of furan rings is 1. The number of ether oxygens (including phenoxy) is 4. The lowest BCUT2D eigenvalue weighted by molar-refractivity contribution is -0.121. The third kappa shape index (κ3) is 4.87. The standard InChI is InChI=1S/C24H23NO8/c1-29-15-5-3-14(4-6-15)17(18-9-21-22(11-19(18)26)32-13-31-21)10-23(27)25-12-16-7-8-20(33-16)24(28)30-2/h3-9,11,17,26H,10,12-13H2,1-2H3,(H,25,27). The van der Waals surface area contributed by atoms with E-state index < -0.39 is 11.9 Å². The fraction of sp³-hybridized carbons (Fsp3) is 0.250. The van der Waals surface area contributed by atoms with Crippen molar-refractivity contribution in [3.63, 3.8) is 0 Å². The smallest absolute Gasteiger partial charge is 0.373 e. The highest BCUT2D eigenvalue weighted by Gasteiger charge is 2.26. The van der Waals surface area contributed by atoms with Crippen molar-refractivity contribution in [2.24, 2.45) is 0 Å². The van der Waals surface area contributed by atoms with Crippen molar-refractivity contribution >= 4 is 11.9 Å². The van der Waals surface area contributed by atoms with Gasteiger partial charge in [0.1, 0.15) is 17.3 Å². The average Bonchev–Trinajstić information content (AvgIpc) is 3.49. The highest BCUT2D eigenvalue weighted by atomic mass is 16.7. The molecular weight excluding hydrogens is 430 g/mol. The van der Waals surface area contributed by atoms with Gasteiger partial charge in [0.25, 0.3) is 0 Å². The quantitative estimate of drug-likeness (QED) is 0.499. The monoisotopic (exact) mass is 453 g/mol. The predicted octanol–water partition coefficient (Wildman–Crippen LogP) is 3.35. The number of hydrogen-bond acceptors (Lipinski definition) is 8. The van der Waals surface area contributed by atoms with Crippen molar-refractivity contribution < 1.29 is 38.1 Å². The van der Waals surface area contributed by atoms with Crippen molar-refractivity contribution in [1.29, 1.82) is 0 Å². The van der Waals surface area contributed by atoms with Crippen molar-refractivity contribution in [2.45, 2.75) is 18.9 Å². The van der Waals surface area contributed by atoms with Crippen LogP contribution in [0.2, 0.25) is 0 Å². The van der Waals surface area contributed by atoms with Gasteiger partial charge in [0.05, 0.1) is 20.8 Å². The van der Waals surface area contributed by atoms with Gasteiger partial charge in [0.2, 0.25) is 18.5 Å². The number of benzene rings is 2. The highest BCUT2D eigenvalue weighted by molar-refractivity contribution is 5.86. The summed E-state index contributed by atoms with van der Waals surface area (Å²) in [6, 6.07) is 13.5. The van der Waals surface area contributed by atoms with Crippen molar-refractivity contribution in [2.75, 3.05) is 21.0 Å². The van der Waals surface area contributed by atoms with Gasteiger partial charge in [0.15, 0.2) is 11.5 Å². The van der Waals surface area contributed by atoms with Crippen LogP contribution in [0.1, 0.15) is 39.8 Å². The second-order valence-corrected chi connectivity index (χ2v) is 7.33. The molecule has 172 valence electrons. The lowest BCUT2D eigenvalue weighted by atomic mass is 9.87. The Kier molecular flexibility index (Phi) is 6.39. The normalized spacial score (nSPS) is 12.8. The third-order valence-corrected chi connectivity index (χ3v) is 5.31. The number of rotatable bonds is 8. The van der Waals surface area contributed by atoms with E-state index >= 15 is 0 Å². The number of carbonyl (C=O) groups excluding carboxylic acids is 2. The molecule has 0 saturated heterocycles. The number of fused-ring (bicyclic) bond motifs is 1. The molecule has 2 N–H and O–H groups in total. The van der Waals surface area contributed by atoms with Crippen LogP contribution in [-0.2, 0) is 16.1 Å². The van der Waals surface area contributed by atoms with Crippen LogP contribution in [0.4, 0.5) is 0 Å². The molecule has 1 aliphatic heterocycles. The summed E-state index contributed by atoms with van der Waals surface area (Å²) < 4.78 is 26.0. The molecule has 1 aliphatic rings. The molecule has 1 unspecified atom stereocenters. The van der Waals surface area contributed by atoms with E-state index in [-0.39, 0.29) is 37.2 Å². The molecule has 9 heteroatoms. The Balaban J connectivity index is 1.54. The summed E-state index contributed by atoms with van der Waals surface area (Å²) in [4.78, 5) is 24.4. The molecule has 2 aromatic carbocycles. The summed E-state index contributed by atoms with van der Waals surface area (Å²) in [7, 11) is 2.83. The van der Waals surface area contributed by atoms with E-state index in [9.17, 15) is 14.7 Å². The van der Waals surface area contributed by atoms with Gasteiger partial charge in [-0.15, -0.1) is 0 Å². The van der Waals surface area contributed by atoms with Gasteiger partial charge in [-0.1, -0.05) is 12.1 Å². The van der Waals surface area contributed by atoms with Crippen LogP contribution >= 0.6 is 0 Å². The molecule has 4 rings (SSSR count). The van der Waals surface area contributed by atoms with Gasteiger partial charge >= 0.3 is 5.97 Å². The van der Waals surface area contributed by atoms with Gasteiger partial charge in [-0.3, -0.25) is 4.79 Å². The Morgan fingerprint density at radius 2 is 1.79 bits per heavy atom. The first-order valence-electron chi connectivity index (χ1n) is 10.2. The molecule has 1 amide bonds. The minimum Gasteiger partial charge on any atom is -0.508 e. The summed E-state index contributed by atoms with van der Waals surface area (Å²) in [6.45, 7) is 0.168. The average molecular weight is 453 g/mol. The molecule has 0 fully saturated rings. The Hall–Kier alpha value is -4.14. The van der Waals surface area contributed by atoms with E-state index in [0.29, 0.717) is 28.6 Å².